The molecule has 3 rings (SSSR count). The smallest absolute Gasteiger partial charge is 0.278 e. The van der Waals surface area contributed by atoms with Crippen LogP contribution in [0.4, 0.5) is 11.4 Å². The molecule has 0 aliphatic carbocycles. The lowest BCUT2D eigenvalue weighted by Crippen LogP contribution is -2.18. The summed E-state index contributed by atoms with van der Waals surface area (Å²) < 4.78 is 0. The molecular weight excluding hydrogens is 426 g/mol. The second-order valence-corrected chi connectivity index (χ2v) is 7.79. The number of halogens is 1. The zero-order valence-corrected chi connectivity index (χ0v) is 17.7. The number of carbonyl (C=O) groups excluding carboxylic acids is 2. The number of H-pyrrole nitrogens is 1. The Morgan fingerprint density at radius 2 is 1.93 bits per heavy atom. The highest BCUT2D eigenvalue weighted by Gasteiger charge is 2.14. The third-order valence-corrected chi connectivity index (χ3v) is 4.96. The number of rotatable bonds is 6. The minimum absolute atomic E-state index is 0.0259. The number of carbonyl (C=O) groups is 2. The van der Waals surface area contributed by atoms with Crippen molar-refractivity contribution in [3.63, 3.8) is 0 Å². The van der Waals surface area contributed by atoms with E-state index in [4.69, 9.17) is 11.6 Å². The zero-order chi connectivity index (χ0) is 21.7. The first-order valence-corrected chi connectivity index (χ1v) is 10.2. The van der Waals surface area contributed by atoms with E-state index < -0.39 is 5.56 Å². The van der Waals surface area contributed by atoms with E-state index in [1.807, 2.05) is 13.0 Å². The Morgan fingerprint density at radius 1 is 1.13 bits per heavy atom. The monoisotopic (exact) mass is 443 g/mol. The molecule has 8 nitrogen and oxygen atoms in total. The molecule has 0 saturated heterocycles. The van der Waals surface area contributed by atoms with Gasteiger partial charge >= 0.3 is 0 Å². The van der Waals surface area contributed by atoms with Gasteiger partial charge in [0, 0.05) is 23.2 Å². The summed E-state index contributed by atoms with van der Waals surface area (Å²) in [7, 11) is 0. The predicted octanol–water partition coefficient (Wildman–Crippen LogP) is 3.48. The van der Waals surface area contributed by atoms with Crippen LogP contribution in [0, 0.1) is 6.92 Å². The van der Waals surface area contributed by atoms with Crippen molar-refractivity contribution in [2.24, 2.45) is 0 Å². The summed E-state index contributed by atoms with van der Waals surface area (Å²) in [6.45, 7) is 3.25. The van der Waals surface area contributed by atoms with Gasteiger partial charge in [-0.1, -0.05) is 41.1 Å². The maximum atomic E-state index is 12.6. The van der Waals surface area contributed by atoms with Crippen LogP contribution in [0.5, 0.6) is 0 Å². The van der Waals surface area contributed by atoms with E-state index in [0.717, 1.165) is 17.3 Å². The van der Waals surface area contributed by atoms with Gasteiger partial charge in [0.25, 0.3) is 5.56 Å². The summed E-state index contributed by atoms with van der Waals surface area (Å²) in [4.78, 5) is 38.7. The molecule has 0 spiro atoms. The topological polar surface area (TPSA) is 117 Å². The third kappa shape index (κ3) is 5.68. The lowest BCUT2D eigenvalue weighted by Gasteiger charge is -2.10. The number of thioether (sulfide) groups is 1. The van der Waals surface area contributed by atoms with Gasteiger partial charge in [0.15, 0.2) is 10.9 Å². The van der Waals surface area contributed by atoms with Crippen molar-refractivity contribution in [3.05, 3.63) is 63.4 Å². The van der Waals surface area contributed by atoms with Crippen molar-refractivity contribution in [2.45, 2.75) is 19.0 Å². The highest BCUT2D eigenvalue weighted by Crippen LogP contribution is 2.25. The molecule has 0 bridgehead atoms. The predicted molar refractivity (Wildman–Crippen MR) is 118 cm³/mol. The fourth-order valence-corrected chi connectivity index (χ4v) is 3.41. The van der Waals surface area contributed by atoms with Crippen LogP contribution in [-0.2, 0) is 9.59 Å². The van der Waals surface area contributed by atoms with Crippen LogP contribution in [0.3, 0.4) is 0 Å². The fraction of sp³-hybridized carbons (Fsp3) is 0.150. The Labute approximate surface area is 181 Å². The summed E-state index contributed by atoms with van der Waals surface area (Å²) >= 11 is 6.94. The first-order valence-electron chi connectivity index (χ1n) is 8.85. The van der Waals surface area contributed by atoms with E-state index in [1.165, 1.54) is 6.92 Å². The number of hydrogen-bond acceptors (Lipinski definition) is 6. The lowest BCUT2D eigenvalue weighted by atomic mass is 10.1. The number of aromatic nitrogens is 3. The first kappa shape index (κ1) is 21.5. The number of nitrogens with zero attached hydrogens (tertiary/aromatic N) is 2. The molecule has 1 heterocycles. The maximum Gasteiger partial charge on any atom is 0.278 e. The van der Waals surface area contributed by atoms with Crippen molar-refractivity contribution >= 4 is 46.6 Å². The lowest BCUT2D eigenvalue weighted by molar-refractivity contribution is -0.114. The number of nitrogens with one attached hydrogen (secondary N) is 3. The molecule has 0 radical (unpaired) electrons. The van der Waals surface area contributed by atoms with Crippen molar-refractivity contribution in [1.82, 2.24) is 15.2 Å². The average Bonchev–Trinajstić information content (AvgIpc) is 2.68. The summed E-state index contributed by atoms with van der Waals surface area (Å²) in [6, 6.07) is 12.1. The van der Waals surface area contributed by atoms with Crippen molar-refractivity contribution in [3.8, 4) is 11.3 Å². The number of aryl methyl sites for hydroxylation is 1. The summed E-state index contributed by atoms with van der Waals surface area (Å²) in [5, 5.41) is 14.1. The van der Waals surface area contributed by atoms with Gasteiger partial charge < -0.3 is 10.6 Å². The number of aromatic amines is 1. The maximum absolute atomic E-state index is 12.6. The van der Waals surface area contributed by atoms with Crippen LogP contribution in [0.2, 0.25) is 5.02 Å². The van der Waals surface area contributed by atoms with Crippen molar-refractivity contribution < 1.29 is 9.59 Å². The molecule has 0 saturated carbocycles. The van der Waals surface area contributed by atoms with Gasteiger partial charge in [-0.3, -0.25) is 19.4 Å². The van der Waals surface area contributed by atoms with Gasteiger partial charge in [0.05, 0.1) is 11.4 Å². The molecule has 154 valence electrons. The molecule has 2 aromatic carbocycles. The van der Waals surface area contributed by atoms with E-state index in [2.05, 4.69) is 25.8 Å². The van der Waals surface area contributed by atoms with E-state index in [0.29, 0.717) is 22.0 Å². The molecule has 30 heavy (non-hydrogen) atoms. The van der Waals surface area contributed by atoms with Gasteiger partial charge in [-0.25, -0.2) is 0 Å². The minimum atomic E-state index is -0.472. The molecular formula is C20H18ClN5O3S. The van der Waals surface area contributed by atoms with Crippen LogP contribution in [-0.4, -0.2) is 32.7 Å². The Hall–Kier alpha value is -3.17. The van der Waals surface area contributed by atoms with E-state index in [1.54, 1.807) is 36.4 Å². The van der Waals surface area contributed by atoms with Crippen LogP contribution in [0.15, 0.2) is 52.4 Å². The largest absolute Gasteiger partial charge is 0.326 e. The second-order valence-electron chi connectivity index (χ2n) is 6.39. The van der Waals surface area contributed by atoms with Crippen LogP contribution < -0.4 is 16.2 Å². The summed E-state index contributed by atoms with van der Waals surface area (Å²) in [5.74, 6) is -0.513. The molecule has 0 aliphatic heterocycles. The quantitative estimate of drug-likeness (QED) is 0.502. The molecule has 1 aromatic heterocycles. The molecule has 2 amide bonds. The Bertz CT molecular complexity index is 1170. The van der Waals surface area contributed by atoms with Gasteiger partial charge in [-0.2, -0.15) is 0 Å². The summed E-state index contributed by atoms with van der Waals surface area (Å²) in [6.07, 6.45) is 0. The highest BCUT2D eigenvalue weighted by atomic mass is 35.5. The minimum Gasteiger partial charge on any atom is -0.326 e. The molecule has 0 atom stereocenters. The van der Waals surface area contributed by atoms with Crippen LogP contribution in [0.25, 0.3) is 11.3 Å². The van der Waals surface area contributed by atoms with E-state index in [-0.39, 0.29) is 28.4 Å². The Morgan fingerprint density at radius 3 is 2.63 bits per heavy atom. The molecule has 3 N–H and O–H groups in total. The summed E-state index contributed by atoms with van der Waals surface area (Å²) in [5.41, 5.74) is 2.02. The van der Waals surface area contributed by atoms with Gasteiger partial charge in [-0.05, 0) is 37.3 Å². The normalized spacial score (nSPS) is 10.5. The number of hydrogen-bond donors (Lipinski definition) is 3. The van der Waals surface area contributed by atoms with Gasteiger partial charge in [0.1, 0.15) is 0 Å². The highest BCUT2D eigenvalue weighted by molar-refractivity contribution is 7.99. The number of benzene rings is 2. The van der Waals surface area contributed by atoms with Crippen molar-refractivity contribution in [2.75, 3.05) is 16.4 Å². The molecule has 3 aromatic rings. The average molecular weight is 444 g/mol. The number of anilines is 2. The molecule has 10 heteroatoms. The standard InChI is InChI=1S/C20H18ClN5O3S/c1-11-6-7-16(22-12(2)27)15(8-11)18-19(29)24-20(26-25-18)30-10-17(28)23-14-5-3-4-13(21)9-14/h3-9H,10H2,1-2H3,(H,22,27)(H,23,28)(H,24,26,29). The number of amides is 2. The Kier molecular flexibility index (Phi) is 6.86. The zero-order valence-electron chi connectivity index (χ0n) is 16.2. The first-order chi connectivity index (χ1) is 14.3. The molecule has 0 unspecified atom stereocenters. The van der Waals surface area contributed by atoms with Crippen LogP contribution in [0.1, 0.15) is 12.5 Å². The fourth-order valence-electron chi connectivity index (χ4n) is 2.61. The van der Waals surface area contributed by atoms with E-state index >= 15 is 0 Å². The molecule has 0 aliphatic rings. The van der Waals surface area contributed by atoms with Gasteiger partial charge in [0.2, 0.25) is 11.8 Å². The Balaban J connectivity index is 1.73. The van der Waals surface area contributed by atoms with Crippen LogP contribution >= 0.6 is 23.4 Å². The van der Waals surface area contributed by atoms with E-state index in [9.17, 15) is 14.4 Å². The second kappa shape index (κ2) is 9.55. The van der Waals surface area contributed by atoms with Crippen molar-refractivity contribution in [1.29, 1.82) is 0 Å². The SMILES string of the molecule is CC(=O)Nc1ccc(C)cc1-c1nnc(SCC(=O)Nc2cccc(Cl)c2)[nH]c1=O. The molecule has 0 fully saturated rings. The van der Waals surface area contributed by atoms with Gasteiger partial charge in [-0.15, -0.1) is 10.2 Å². The third-order valence-electron chi connectivity index (χ3n) is 3.87.